The number of methoxy groups -OCH3 is 2. The van der Waals surface area contributed by atoms with Gasteiger partial charge in [0, 0.05) is 40.8 Å². The van der Waals surface area contributed by atoms with Gasteiger partial charge >= 0.3 is 0 Å². The predicted molar refractivity (Wildman–Crippen MR) is 123 cm³/mol. The van der Waals surface area contributed by atoms with Crippen molar-refractivity contribution in [2.75, 3.05) is 19.5 Å². The molecule has 1 heterocycles. The first kappa shape index (κ1) is 24.0. The van der Waals surface area contributed by atoms with Crippen LogP contribution in [-0.2, 0) is 4.79 Å². The molecular formula is C23H23FN6O4. The number of carbonyl (C=O) groups is 2. The number of nitrogens with one attached hydrogen (secondary N) is 4. The van der Waals surface area contributed by atoms with E-state index in [2.05, 4.69) is 21.2 Å². The fourth-order valence-electron chi connectivity index (χ4n) is 3.05. The number of rotatable bonds is 8. The van der Waals surface area contributed by atoms with Gasteiger partial charge in [0.15, 0.2) is 11.5 Å². The molecule has 2 aromatic carbocycles. The highest BCUT2D eigenvalue weighted by Gasteiger charge is 2.26. The summed E-state index contributed by atoms with van der Waals surface area (Å²) in [6.45, 7) is 0. The monoisotopic (exact) mass is 466 g/mol. The lowest BCUT2D eigenvalue weighted by molar-refractivity contribution is -0.122. The Morgan fingerprint density at radius 2 is 1.59 bits per heavy atom. The number of hydrogen-bond acceptors (Lipinski definition) is 7. The first-order chi connectivity index (χ1) is 16.3. The van der Waals surface area contributed by atoms with E-state index in [1.54, 1.807) is 24.3 Å². The average Bonchev–Trinajstić information content (AvgIpc) is 2.86. The highest BCUT2D eigenvalue weighted by molar-refractivity contribution is 5.97. The van der Waals surface area contributed by atoms with Crippen molar-refractivity contribution in [2.45, 2.75) is 6.04 Å². The number of nitrogens with zero attached hydrogens (tertiary/aromatic N) is 1. The maximum Gasteiger partial charge on any atom is 0.269 e. The Morgan fingerprint density at radius 1 is 0.971 bits per heavy atom. The number of nitrogens with two attached hydrogens (primary N) is 1. The normalized spacial score (nSPS) is 11.1. The number of ether oxygens (including phenoxy) is 2. The first-order valence-corrected chi connectivity index (χ1v) is 9.96. The first-order valence-electron chi connectivity index (χ1n) is 9.96. The van der Waals surface area contributed by atoms with Gasteiger partial charge in [-0.3, -0.25) is 30.8 Å². The molecule has 3 rings (SSSR count). The molecule has 0 aliphatic heterocycles. The van der Waals surface area contributed by atoms with Crippen LogP contribution in [0.2, 0.25) is 0 Å². The fraction of sp³-hybridized carbons (Fsp3) is 0.130. The molecule has 3 aromatic rings. The zero-order valence-corrected chi connectivity index (χ0v) is 18.4. The van der Waals surface area contributed by atoms with Gasteiger partial charge in [-0.1, -0.05) is 0 Å². The van der Waals surface area contributed by atoms with Crippen LogP contribution < -0.4 is 31.4 Å². The Kier molecular flexibility index (Phi) is 7.60. The minimum absolute atomic E-state index is 0.0519. The third kappa shape index (κ3) is 5.57. The number of anilines is 1. The Hall–Kier alpha value is -4.67. The highest BCUT2D eigenvalue weighted by atomic mass is 19.1. The molecule has 0 fully saturated rings. The summed E-state index contributed by atoms with van der Waals surface area (Å²) in [5.41, 5.74) is 11.2. The Morgan fingerprint density at radius 3 is 2.18 bits per heavy atom. The summed E-state index contributed by atoms with van der Waals surface area (Å²) in [6.07, 6.45) is 2.87. The second-order valence-corrected chi connectivity index (χ2v) is 6.98. The van der Waals surface area contributed by atoms with Crippen LogP contribution in [0.15, 0.2) is 60.9 Å². The van der Waals surface area contributed by atoms with Crippen LogP contribution in [0.4, 0.5) is 10.1 Å². The quantitative estimate of drug-likeness (QED) is 0.194. The van der Waals surface area contributed by atoms with Crippen LogP contribution in [0, 0.1) is 11.2 Å². The summed E-state index contributed by atoms with van der Waals surface area (Å²) in [4.78, 5) is 29.2. The van der Waals surface area contributed by atoms with Crippen molar-refractivity contribution in [3.05, 3.63) is 83.4 Å². The van der Waals surface area contributed by atoms with Gasteiger partial charge in [0.05, 0.1) is 14.2 Å². The summed E-state index contributed by atoms with van der Waals surface area (Å²) >= 11 is 0. The van der Waals surface area contributed by atoms with Crippen LogP contribution in [-0.4, -0.2) is 36.9 Å². The molecule has 10 nitrogen and oxygen atoms in total. The second-order valence-electron chi connectivity index (χ2n) is 6.98. The van der Waals surface area contributed by atoms with Crippen LogP contribution >= 0.6 is 0 Å². The van der Waals surface area contributed by atoms with Crippen LogP contribution in [0.3, 0.4) is 0 Å². The Labute approximate surface area is 194 Å². The molecule has 1 atom stereocenters. The smallest absolute Gasteiger partial charge is 0.269 e. The number of aromatic nitrogens is 1. The predicted octanol–water partition coefficient (Wildman–Crippen LogP) is 2.14. The molecule has 2 amide bonds. The molecule has 6 N–H and O–H groups in total. The number of carbonyl (C=O) groups excluding carboxylic acids is 2. The number of benzene rings is 2. The van der Waals surface area contributed by atoms with E-state index in [4.69, 9.17) is 20.6 Å². The van der Waals surface area contributed by atoms with Crippen molar-refractivity contribution in [3.63, 3.8) is 0 Å². The molecule has 11 heteroatoms. The third-order valence-corrected chi connectivity index (χ3v) is 4.82. The van der Waals surface area contributed by atoms with Crippen molar-refractivity contribution in [3.8, 4) is 11.5 Å². The standard InChI is InChI=1S/C23H23FN6O4/c1-33-18-11-16(17(24)12-19(18)34-2)20(28-15-5-3-13(4-6-15)21(25)26)23(32)30-29-22(31)14-7-9-27-10-8-14/h3-12,20,28H,1-2H3,(H3,25,26)(H,29,31)(H,30,32). The van der Waals surface area contributed by atoms with Gasteiger partial charge in [0.1, 0.15) is 17.7 Å². The van der Waals surface area contributed by atoms with Crippen molar-refractivity contribution in [1.29, 1.82) is 5.41 Å². The van der Waals surface area contributed by atoms with Crippen molar-refractivity contribution < 1.29 is 23.5 Å². The van der Waals surface area contributed by atoms with E-state index in [0.717, 1.165) is 6.07 Å². The molecule has 0 bridgehead atoms. The third-order valence-electron chi connectivity index (χ3n) is 4.82. The molecular weight excluding hydrogens is 443 g/mol. The molecule has 1 unspecified atom stereocenters. The largest absolute Gasteiger partial charge is 0.493 e. The number of pyridine rings is 1. The van der Waals surface area contributed by atoms with E-state index in [0.29, 0.717) is 11.3 Å². The van der Waals surface area contributed by atoms with Gasteiger partial charge < -0.3 is 20.5 Å². The van der Waals surface area contributed by atoms with Gasteiger partial charge in [-0.15, -0.1) is 0 Å². The molecule has 0 saturated heterocycles. The zero-order valence-electron chi connectivity index (χ0n) is 18.4. The maximum atomic E-state index is 15.0. The Bertz CT molecular complexity index is 1190. The van der Waals surface area contributed by atoms with E-state index in [1.165, 1.54) is 44.8 Å². The van der Waals surface area contributed by atoms with E-state index in [9.17, 15) is 9.59 Å². The van der Waals surface area contributed by atoms with Gasteiger partial charge in [-0.25, -0.2) is 4.39 Å². The molecule has 176 valence electrons. The SMILES string of the molecule is COc1cc(F)c(C(Nc2ccc(C(=N)N)cc2)C(=O)NNC(=O)c2ccncc2)cc1OC. The lowest BCUT2D eigenvalue weighted by atomic mass is 10.0. The van der Waals surface area contributed by atoms with E-state index in [1.807, 2.05) is 0 Å². The molecule has 0 saturated carbocycles. The summed E-state index contributed by atoms with van der Waals surface area (Å²) in [5, 5.41) is 10.4. The highest BCUT2D eigenvalue weighted by Crippen LogP contribution is 2.33. The summed E-state index contributed by atoms with van der Waals surface area (Å²) in [6, 6.07) is 10.4. The summed E-state index contributed by atoms with van der Waals surface area (Å²) < 4.78 is 25.4. The minimum atomic E-state index is -1.28. The summed E-state index contributed by atoms with van der Waals surface area (Å²) in [5.74, 6) is -1.81. The second kappa shape index (κ2) is 10.8. The molecule has 34 heavy (non-hydrogen) atoms. The van der Waals surface area contributed by atoms with Gasteiger partial charge in [-0.2, -0.15) is 0 Å². The molecule has 1 aromatic heterocycles. The topological polar surface area (TPSA) is 151 Å². The average molecular weight is 466 g/mol. The zero-order chi connectivity index (χ0) is 24.7. The van der Waals surface area contributed by atoms with Crippen LogP contribution in [0.5, 0.6) is 11.5 Å². The van der Waals surface area contributed by atoms with Gasteiger partial charge in [0.25, 0.3) is 11.8 Å². The fourth-order valence-corrected chi connectivity index (χ4v) is 3.05. The van der Waals surface area contributed by atoms with Gasteiger partial charge in [0.2, 0.25) is 0 Å². The lowest BCUT2D eigenvalue weighted by Crippen LogP contribution is -2.45. The van der Waals surface area contributed by atoms with Crippen molar-refractivity contribution in [2.24, 2.45) is 5.73 Å². The molecule has 0 spiro atoms. The minimum Gasteiger partial charge on any atom is -0.493 e. The van der Waals surface area contributed by atoms with Crippen molar-refractivity contribution >= 4 is 23.3 Å². The van der Waals surface area contributed by atoms with E-state index < -0.39 is 23.7 Å². The molecule has 0 aliphatic carbocycles. The number of hydrazine groups is 1. The van der Waals surface area contributed by atoms with Crippen molar-refractivity contribution in [1.82, 2.24) is 15.8 Å². The number of amidine groups is 1. The summed E-state index contributed by atoms with van der Waals surface area (Å²) in [7, 11) is 2.75. The van der Waals surface area contributed by atoms with Crippen LogP contribution in [0.25, 0.3) is 0 Å². The van der Waals surface area contributed by atoms with Crippen LogP contribution in [0.1, 0.15) is 27.5 Å². The lowest BCUT2D eigenvalue weighted by Gasteiger charge is -2.22. The molecule has 0 aliphatic rings. The number of amides is 2. The van der Waals surface area contributed by atoms with Gasteiger partial charge in [-0.05, 0) is 42.5 Å². The Balaban J connectivity index is 1.90. The molecule has 0 radical (unpaired) electrons. The van der Waals surface area contributed by atoms with E-state index >= 15 is 4.39 Å². The number of hydrogen-bond donors (Lipinski definition) is 5. The van der Waals surface area contributed by atoms with E-state index in [-0.39, 0.29) is 28.5 Å². The number of halogens is 1. The number of nitrogen functional groups attached to an aromatic ring is 1. The maximum absolute atomic E-state index is 15.0.